The molecule has 0 aliphatic heterocycles. The van der Waals surface area contributed by atoms with Crippen molar-refractivity contribution in [1.82, 2.24) is 10.3 Å². The highest BCUT2D eigenvalue weighted by molar-refractivity contribution is 6.01. The van der Waals surface area contributed by atoms with Crippen LogP contribution in [0, 0.1) is 25.2 Å². The predicted octanol–water partition coefficient (Wildman–Crippen LogP) is 4.10. The SMILES string of the molecule is CCCCNC(=O)/C(C#N)=C/c1cc(C)c(OCc2ccccn2)c(C)c1. The lowest BCUT2D eigenvalue weighted by Gasteiger charge is -2.13. The second-order valence-corrected chi connectivity index (χ2v) is 6.37. The summed E-state index contributed by atoms with van der Waals surface area (Å²) in [7, 11) is 0. The molecule has 0 aliphatic carbocycles. The lowest BCUT2D eigenvalue weighted by Crippen LogP contribution is -2.25. The number of pyridine rings is 1. The number of rotatable bonds is 8. The van der Waals surface area contributed by atoms with E-state index in [0.29, 0.717) is 13.2 Å². The highest BCUT2D eigenvalue weighted by atomic mass is 16.5. The fourth-order valence-electron chi connectivity index (χ4n) is 2.71. The number of carbonyl (C=O) groups excluding carboxylic acids is 1. The molecule has 0 bridgehead atoms. The van der Waals surface area contributed by atoms with E-state index >= 15 is 0 Å². The largest absolute Gasteiger partial charge is 0.487 e. The van der Waals surface area contributed by atoms with Crippen molar-refractivity contribution in [3.63, 3.8) is 0 Å². The zero-order valence-electron chi connectivity index (χ0n) is 16.1. The van der Waals surface area contributed by atoms with Gasteiger partial charge in [-0.25, -0.2) is 0 Å². The van der Waals surface area contributed by atoms with Gasteiger partial charge in [0.1, 0.15) is 24.0 Å². The van der Waals surface area contributed by atoms with Crippen LogP contribution in [-0.4, -0.2) is 17.4 Å². The Balaban J connectivity index is 2.14. The molecule has 0 atom stereocenters. The minimum Gasteiger partial charge on any atom is -0.487 e. The monoisotopic (exact) mass is 363 g/mol. The minimum atomic E-state index is -0.336. The molecule has 27 heavy (non-hydrogen) atoms. The number of aryl methyl sites for hydroxylation is 2. The molecule has 1 aromatic heterocycles. The van der Waals surface area contributed by atoms with Crippen LogP contribution < -0.4 is 10.1 Å². The maximum absolute atomic E-state index is 12.1. The minimum absolute atomic E-state index is 0.104. The standard InChI is InChI=1S/C22H25N3O2/c1-4-5-9-25-22(26)19(14-23)13-18-11-16(2)21(17(3)12-18)27-15-20-8-6-7-10-24-20/h6-8,10-13H,4-5,9,15H2,1-3H3,(H,25,26)/b19-13+. The van der Waals surface area contributed by atoms with E-state index in [0.717, 1.165) is 41.0 Å². The first kappa shape index (κ1) is 20.2. The Morgan fingerprint density at radius 1 is 1.30 bits per heavy atom. The Morgan fingerprint density at radius 2 is 2.04 bits per heavy atom. The number of nitrogens with one attached hydrogen (secondary N) is 1. The number of hydrogen-bond donors (Lipinski definition) is 1. The third-order valence-electron chi connectivity index (χ3n) is 4.07. The van der Waals surface area contributed by atoms with Crippen LogP contribution in [0.5, 0.6) is 5.75 Å². The molecule has 1 N–H and O–H groups in total. The van der Waals surface area contributed by atoms with Crippen molar-refractivity contribution in [2.75, 3.05) is 6.54 Å². The normalized spacial score (nSPS) is 11.0. The summed E-state index contributed by atoms with van der Waals surface area (Å²) < 4.78 is 5.93. The lowest BCUT2D eigenvalue weighted by molar-refractivity contribution is -0.117. The van der Waals surface area contributed by atoms with Gasteiger partial charge in [-0.15, -0.1) is 0 Å². The lowest BCUT2D eigenvalue weighted by atomic mass is 10.0. The molecule has 0 aliphatic rings. The van der Waals surface area contributed by atoms with Gasteiger partial charge in [0.05, 0.1) is 5.69 Å². The predicted molar refractivity (Wildman–Crippen MR) is 106 cm³/mol. The Bertz CT molecular complexity index is 829. The van der Waals surface area contributed by atoms with Crippen LogP contribution in [0.2, 0.25) is 0 Å². The number of nitrogens with zero attached hydrogens (tertiary/aromatic N) is 2. The van der Waals surface area contributed by atoms with E-state index in [1.165, 1.54) is 0 Å². The highest BCUT2D eigenvalue weighted by Gasteiger charge is 2.11. The van der Waals surface area contributed by atoms with Crippen molar-refractivity contribution in [2.45, 2.75) is 40.2 Å². The molecule has 0 spiro atoms. The first-order valence-electron chi connectivity index (χ1n) is 9.09. The number of carbonyl (C=O) groups is 1. The van der Waals surface area contributed by atoms with Crippen LogP contribution in [0.3, 0.4) is 0 Å². The van der Waals surface area contributed by atoms with Gasteiger partial charge in [-0.05, 0) is 67.3 Å². The second kappa shape index (κ2) is 10.1. The Morgan fingerprint density at radius 3 is 2.63 bits per heavy atom. The summed E-state index contributed by atoms with van der Waals surface area (Å²) in [5.41, 5.74) is 3.65. The van der Waals surface area contributed by atoms with Crippen LogP contribution in [-0.2, 0) is 11.4 Å². The first-order valence-corrected chi connectivity index (χ1v) is 9.09. The van der Waals surface area contributed by atoms with Gasteiger partial charge in [0.2, 0.25) is 0 Å². The Labute approximate surface area is 160 Å². The van der Waals surface area contributed by atoms with Crippen LogP contribution in [0.4, 0.5) is 0 Å². The van der Waals surface area contributed by atoms with Gasteiger partial charge in [-0.2, -0.15) is 5.26 Å². The van der Waals surface area contributed by atoms with Gasteiger partial charge in [0.25, 0.3) is 5.91 Å². The van der Waals surface area contributed by atoms with Crippen molar-refractivity contribution in [3.05, 3.63) is 64.5 Å². The van der Waals surface area contributed by atoms with Crippen LogP contribution >= 0.6 is 0 Å². The number of benzene rings is 1. The zero-order chi connectivity index (χ0) is 19.6. The summed E-state index contributed by atoms with van der Waals surface area (Å²) in [4.78, 5) is 16.4. The molecule has 0 unspecified atom stereocenters. The van der Waals surface area contributed by atoms with Gasteiger partial charge >= 0.3 is 0 Å². The number of hydrogen-bond acceptors (Lipinski definition) is 4. The smallest absolute Gasteiger partial charge is 0.261 e. The number of aromatic nitrogens is 1. The first-order chi connectivity index (χ1) is 13.0. The van der Waals surface area contributed by atoms with E-state index in [1.54, 1.807) is 12.3 Å². The maximum Gasteiger partial charge on any atom is 0.261 e. The van der Waals surface area contributed by atoms with E-state index in [1.807, 2.05) is 50.2 Å². The number of ether oxygens (including phenoxy) is 1. The molecule has 1 heterocycles. The molecular formula is C22H25N3O2. The van der Waals surface area contributed by atoms with E-state index < -0.39 is 0 Å². The molecular weight excluding hydrogens is 338 g/mol. The quantitative estimate of drug-likeness (QED) is 0.435. The molecule has 0 fully saturated rings. The molecule has 5 nitrogen and oxygen atoms in total. The van der Waals surface area contributed by atoms with Crippen LogP contribution in [0.15, 0.2) is 42.1 Å². The fourth-order valence-corrected chi connectivity index (χ4v) is 2.71. The van der Waals surface area contributed by atoms with Gasteiger partial charge < -0.3 is 10.1 Å². The molecule has 0 saturated heterocycles. The number of nitriles is 1. The van der Waals surface area contributed by atoms with Gasteiger partial charge in [-0.1, -0.05) is 19.4 Å². The van der Waals surface area contributed by atoms with Gasteiger partial charge in [-0.3, -0.25) is 9.78 Å². The third-order valence-corrected chi connectivity index (χ3v) is 4.07. The molecule has 5 heteroatoms. The zero-order valence-corrected chi connectivity index (χ0v) is 16.1. The van der Waals surface area contributed by atoms with E-state index in [9.17, 15) is 10.1 Å². The third kappa shape index (κ3) is 5.96. The Hall–Kier alpha value is -3.13. The topological polar surface area (TPSA) is 75.0 Å². The van der Waals surface area contributed by atoms with Crippen molar-refractivity contribution >= 4 is 12.0 Å². The molecule has 2 aromatic rings. The average molecular weight is 363 g/mol. The molecule has 1 aromatic carbocycles. The van der Waals surface area contributed by atoms with E-state index in [4.69, 9.17) is 4.74 Å². The van der Waals surface area contributed by atoms with Gasteiger partial charge in [0.15, 0.2) is 0 Å². The molecule has 0 saturated carbocycles. The second-order valence-electron chi connectivity index (χ2n) is 6.37. The maximum atomic E-state index is 12.1. The molecule has 140 valence electrons. The van der Waals surface area contributed by atoms with E-state index in [2.05, 4.69) is 17.2 Å². The molecule has 1 amide bonds. The summed E-state index contributed by atoms with van der Waals surface area (Å²) in [6.45, 7) is 6.92. The summed E-state index contributed by atoms with van der Waals surface area (Å²) in [5, 5.41) is 12.1. The Kier molecular flexibility index (Phi) is 7.57. The van der Waals surface area contributed by atoms with Crippen molar-refractivity contribution < 1.29 is 9.53 Å². The van der Waals surface area contributed by atoms with Crippen LogP contribution in [0.1, 0.15) is 42.1 Å². The molecule has 0 radical (unpaired) electrons. The summed E-state index contributed by atoms with van der Waals surface area (Å²) >= 11 is 0. The highest BCUT2D eigenvalue weighted by Crippen LogP contribution is 2.26. The summed E-state index contributed by atoms with van der Waals surface area (Å²) in [5.74, 6) is 0.459. The number of amides is 1. The summed E-state index contributed by atoms with van der Waals surface area (Å²) in [6.07, 6.45) is 5.24. The van der Waals surface area contributed by atoms with Crippen LogP contribution in [0.25, 0.3) is 6.08 Å². The fraction of sp³-hybridized carbons (Fsp3) is 0.318. The average Bonchev–Trinajstić information content (AvgIpc) is 2.66. The van der Waals surface area contributed by atoms with E-state index in [-0.39, 0.29) is 11.5 Å². The van der Waals surface area contributed by atoms with Crippen molar-refractivity contribution in [1.29, 1.82) is 5.26 Å². The number of unbranched alkanes of at least 4 members (excludes halogenated alkanes) is 1. The van der Waals surface area contributed by atoms with Gasteiger partial charge in [0, 0.05) is 12.7 Å². The van der Waals surface area contributed by atoms with Crippen molar-refractivity contribution in [2.24, 2.45) is 0 Å². The summed E-state index contributed by atoms with van der Waals surface area (Å²) in [6, 6.07) is 11.5. The molecule has 2 rings (SSSR count). The van der Waals surface area contributed by atoms with Crippen molar-refractivity contribution in [3.8, 4) is 11.8 Å².